The summed E-state index contributed by atoms with van der Waals surface area (Å²) in [6.45, 7) is 9.03. The normalized spacial score (nSPS) is 25.2. The lowest BCUT2D eigenvalue weighted by atomic mass is 9.97. The molecule has 15 atom stereocenters. The number of piperidine rings is 1. The van der Waals surface area contributed by atoms with Gasteiger partial charge in [0.1, 0.15) is 79.0 Å². The van der Waals surface area contributed by atoms with Gasteiger partial charge in [0.25, 0.3) is 5.91 Å². The van der Waals surface area contributed by atoms with Gasteiger partial charge in [0.05, 0.1) is 36.9 Å². The number of fused-ring (bicyclic) bond motifs is 5. The van der Waals surface area contributed by atoms with E-state index in [1.54, 1.807) is 99.9 Å². The van der Waals surface area contributed by atoms with Crippen LogP contribution >= 0.6 is 23.4 Å². The van der Waals surface area contributed by atoms with Crippen LogP contribution in [-0.2, 0) is 124 Å². The number of primary amides is 1. The van der Waals surface area contributed by atoms with Crippen LogP contribution in [0.1, 0.15) is 173 Å². The lowest BCUT2D eigenvalue weighted by Crippen LogP contribution is -2.61. The number of aliphatic carboxylic acids is 2. The lowest BCUT2D eigenvalue weighted by molar-refractivity contribution is -0.149. The van der Waals surface area contributed by atoms with Crippen molar-refractivity contribution in [1.82, 2.24) is 96.6 Å². The van der Waals surface area contributed by atoms with Crippen LogP contribution in [0.4, 0.5) is 0 Å². The molecular weight excluding hydrogens is 1900 g/mol. The summed E-state index contributed by atoms with van der Waals surface area (Å²) >= 11 is 7.24. The third-order valence-electron chi connectivity index (χ3n) is 26.2. The number of unbranched alkanes of at least 4 members (excludes halogenated alkanes) is 2. The molecule has 15 amide bonds. The summed E-state index contributed by atoms with van der Waals surface area (Å²) in [6, 6.07) is -0.970. The average molecular weight is 2030 g/mol. The van der Waals surface area contributed by atoms with Gasteiger partial charge in [0, 0.05) is 141 Å². The first-order valence-electron chi connectivity index (χ1n) is 48.1. The zero-order chi connectivity index (χ0) is 104. The number of thioether (sulfide) groups is 1. The first kappa shape index (κ1) is 111. The zero-order valence-corrected chi connectivity index (χ0v) is 83.7. The van der Waals surface area contributed by atoms with Crippen LogP contribution in [0.15, 0.2) is 97.7 Å². The number of carbonyl (C=O) groups is 17. The zero-order valence-electron chi connectivity index (χ0n) is 81.4. The first-order valence-corrected chi connectivity index (χ1v) is 51.3. The number of aliphatic hydroxyl groups excluding tert-OH is 1. The van der Waals surface area contributed by atoms with E-state index in [0.717, 1.165) is 27.8 Å². The Morgan fingerprint density at radius 2 is 1.17 bits per heavy atom. The molecule has 3 aromatic heterocycles. The van der Waals surface area contributed by atoms with Crippen molar-refractivity contribution in [3.05, 3.63) is 125 Å². The van der Waals surface area contributed by atoms with Crippen molar-refractivity contribution >= 4 is 156 Å². The summed E-state index contributed by atoms with van der Waals surface area (Å²) in [5.74, 6) is -17.4. The molecule has 4 aliphatic heterocycles. The molecule has 6 aromatic rings. The number of aliphatic hydroxyl groups is 1. The number of nitrogens with two attached hydrogens (primary N) is 2. The molecule has 4 aliphatic rings. The molecule has 46 heteroatoms. The molecule has 0 unspecified atom stereocenters. The number of aromatic nitrogens is 4. The molecule has 142 heavy (non-hydrogen) atoms. The molecule has 0 aliphatic carbocycles. The maximum absolute atomic E-state index is 16.1. The summed E-state index contributed by atoms with van der Waals surface area (Å²) in [4.78, 5) is 268. The molecule has 0 spiro atoms. The molecule has 4 saturated heterocycles. The molecule has 43 nitrogen and oxygen atoms in total. The Bertz CT molecular complexity index is 5650. The number of amides is 15. The van der Waals surface area contributed by atoms with Crippen molar-refractivity contribution < 1.29 is 105 Å². The van der Waals surface area contributed by atoms with E-state index in [4.69, 9.17) is 23.1 Å². The minimum absolute atomic E-state index is 0.00643. The third kappa shape index (κ3) is 30.5. The number of H-pyrrole nitrogens is 2. The number of nitrogens with one attached hydrogen (secondary N) is 12. The first-order chi connectivity index (χ1) is 67.4. The number of para-hydroxylation sites is 2. The standard InChI is InChI=1S/C96H134ClN21O22S2/c1-10-12-21-60-48-102-67(39-54(3)4)85(128)111-82(83(99)126)96(5,6)141-52-79(121)104-70(40-55-29-31-58(97)32-30-55)93(136)116-37-19-18-27-74(116)89(132)110-72(45-81(124)125)94(137)117-38-20-28-75(117)88(131)108-69(43-59-47-100-53-103-59)87(130)106-66(33-34-80(122)123)92(135)118-50-61(119)44-77(118)90(133)107-68(41-56-46-101-64-24-16-14-22-62(56)64)86(129)105-65(35-36-98)84(127)109-71(91(134)114(8)76(25-13-11-2)95(138)113(60)7)42-57-49-115(51-78(120)112-142(9,139)140)73-26-17-15-23-63(57)73/h14-17,22-24,26,29-32,46-47,49,53-54,60-61,65-72,74-77,82,101-102,119H,10-13,18-21,25,27-28,33-45,48,50-52,98H2,1-9H3,(H2,99,126)(H,100,103)(H,104,121)(H,105,129)(H,106,130)(H,107,133)(H,108,131)(H,109,127)(H,110,132)(H,111,128)(H,112,120)(H,122,123)(H,124,125)/t60-,61+,65-,66-,67-,68-,69-,70-,71-,72-,74-,75-,76-,77-,82+/m0/s1. The van der Waals surface area contributed by atoms with Crippen molar-refractivity contribution in [3.8, 4) is 0 Å². The maximum atomic E-state index is 16.1. The summed E-state index contributed by atoms with van der Waals surface area (Å²) < 4.78 is 26.8. The number of carboxylic acid groups (broad SMARTS) is 2. The SMILES string of the molecule is CCCC[C@H]1CN[C@@H](CC(C)C)C(=O)N[C@H](C(N)=O)C(C)(C)SCC(=O)N[C@@H](Cc2ccc(Cl)cc2)C(=O)N2CCCC[C@H]2C(=O)N[C@@H](CC(=O)O)C(=O)N2CCC[C@H]2C(=O)N[C@@H](Cc2cnc[nH]2)C(=O)N[C@@H](CCC(=O)O)C(=O)N2C[C@H](O)C[C@H]2C(=O)N[C@@H](Cc2c[nH]c3ccccc23)C(=O)N[C@@H](CCN)C(=O)N[C@@H](Cc2cn(CC(=O)NS(C)(=O)=O)c3ccccc23)C(=O)N(C)[C@@H](CCCC)C(=O)N1C. The number of carbonyl (C=O) groups excluding carboxylic acids is 15. The minimum atomic E-state index is -4.06. The molecule has 0 bridgehead atoms. The number of imidazole rings is 1. The number of aromatic amines is 2. The number of halogens is 1. The van der Waals surface area contributed by atoms with Gasteiger partial charge in [-0.1, -0.05) is 114 Å². The van der Waals surface area contributed by atoms with Crippen LogP contribution in [0.5, 0.6) is 0 Å². The van der Waals surface area contributed by atoms with E-state index in [0.29, 0.717) is 88.5 Å². The summed E-state index contributed by atoms with van der Waals surface area (Å²) in [5.41, 5.74) is 15.0. The van der Waals surface area contributed by atoms with Crippen LogP contribution < -0.4 is 64.0 Å². The van der Waals surface area contributed by atoms with Gasteiger partial charge in [-0.15, -0.1) is 11.8 Å². The van der Waals surface area contributed by atoms with Crippen molar-refractivity contribution in [1.29, 1.82) is 0 Å². The van der Waals surface area contributed by atoms with Gasteiger partial charge in [-0.25, -0.2) is 13.4 Å². The Balaban J connectivity index is 1.05. The second kappa shape index (κ2) is 51.4. The quantitative estimate of drug-likeness (QED) is 0.0339. The maximum Gasteiger partial charge on any atom is 0.305 e. The highest BCUT2D eigenvalue weighted by Crippen LogP contribution is 2.32. The van der Waals surface area contributed by atoms with E-state index in [2.05, 4.69) is 62.8 Å². The van der Waals surface area contributed by atoms with Gasteiger partial charge in [0.15, 0.2) is 0 Å². The van der Waals surface area contributed by atoms with Crippen LogP contribution in [0.25, 0.3) is 21.8 Å². The van der Waals surface area contributed by atoms with E-state index < -0.39 is 263 Å². The fourth-order valence-corrected chi connectivity index (χ4v) is 20.2. The second-order valence-corrected chi connectivity index (χ2v) is 41.7. The number of benzene rings is 3. The monoisotopic (exact) mass is 2030 g/mol. The highest BCUT2D eigenvalue weighted by molar-refractivity contribution is 8.01. The topological polar surface area (TPSA) is 623 Å². The Morgan fingerprint density at radius 1 is 0.599 bits per heavy atom. The third-order valence-corrected chi connectivity index (χ3v) is 28.4. The number of hydrogen-bond acceptors (Lipinski definition) is 24. The second-order valence-electron chi connectivity index (χ2n) is 37.9. The lowest BCUT2D eigenvalue weighted by Gasteiger charge is -2.38. The smallest absolute Gasteiger partial charge is 0.305 e. The van der Waals surface area contributed by atoms with E-state index >= 15 is 47.9 Å². The average Bonchev–Trinajstić information content (AvgIpc) is 1.71. The van der Waals surface area contributed by atoms with E-state index in [1.165, 1.54) is 45.0 Å². The van der Waals surface area contributed by atoms with E-state index in [1.807, 2.05) is 32.4 Å². The van der Waals surface area contributed by atoms with Crippen molar-refractivity contribution in [2.45, 2.75) is 278 Å². The summed E-state index contributed by atoms with van der Waals surface area (Å²) in [5, 5.41) is 58.7. The minimum Gasteiger partial charge on any atom is -0.481 e. The summed E-state index contributed by atoms with van der Waals surface area (Å²) in [6.07, 6.45) is 3.83. The highest BCUT2D eigenvalue weighted by Gasteiger charge is 2.48. The Kier molecular flexibility index (Phi) is 40.3. The Labute approximate surface area is 832 Å². The molecule has 3 aromatic carbocycles. The van der Waals surface area contributed by atoms with Crippen molar-refractivity contribution in [3.63, 3.8) is 0 Å². The van der Waals surface area contributed by atoms with Crippen LogP contribution in [-0.4, -0.2) is 323 Å². The molecule has 4 fully saturated rings. The number of rotatable bonds is 27. The highest BCUT2D eigenvalue weighted by atomic mass is 35.5. The van der Waals surface area contributed by atoms with Gasteiger partial charge in [0.2, 0.25) is 92.7 Å². The molecule has 7 heterocycles. The van der Waals surface area contributed by atoms with Crippen molar-refractivity contribution in [2.24, 2.45) is 17.4 Å². The molecule has 774 valence electrons. The van der Waals surface area contributed by atoms with Crippen LogP contribution in [0.3, 0.4) is 0 Å². The Morgan fingerprint density at radius 3 is 1.80 bits per heavy atom. The van der Waals surface area contributed by atoms with Gasteiger partial charge in [-0.05, 0) is 131 Å². The van der Waals surface area contributed by atoms with Gasteiger partial charge >= 0.3 is 11.9 Å². The fourth-order valence-electron chi connectivity index (χ4n) is 18.7. The predicted molar refractivity (Wildman–Crippen MR) is 526 cm³/mol. The van der Waals surface area contributed by atoms with Crippen LogP contribution in [0, 0.1) is 5.92 Å². The molecular formula is C96H134ClN21O22S2. The number of likely N-dealkylation sites (N-methyl/N-ethyl adjacent to an activating group) is 2. The number of nitrogens with zero attached hydrogens (tertiary/aromatic N) is 7. The number of carboxylic acids is 2. The number of sulfonamides is 1. The predicted octanol–water partition coefficient (Wildman–Crippen LogP) is 0.795. The van der Waals surface area contributed by atoms with E-state index in [9.17, 15) is 57.3 Å². The molecule has 0 saturated carbocycles. The molecule has 0 radical (unpaired) electrons. The fraction of sp³-hybridized carbons (Fsp3) is 0.562. The number of hydrogen-bond donors (Lipinski definition) is 17. The molecule has 19 N–H and O–H groups in total. The van der Waals surface area contributed by atoms with Gasteiger partial charge < -0.3 is 114 Å². The van der Waals surface area contributed by atoms with Crippen molar-refractivity contribution in [2.75, 3.05) is 58.8 Å². The van der Waals surface area contributed by atoms with Gasteiger partial charge in [-0.2, -0.15) is 0 Å². The largest absolute Gasteiger partial charge is 0.481 e. The summed E-state index contributed by atoms with van der Waals surface area (Å²) in [7, 11) is -1.10. The van der Waals surface area contributed by atoms with Crippen LogP contribution in [0.2, 0.25) is 5.02 Å². The Hall–Kier alpha value is -12.6. The van der Waals surface area contributed by atoms with Gasteiger partial charge in [-0.3, -0.25) is 86.2 Å². The molecule has 10 rings (SSSR count). The van der Waals surface area contributed by atoms with E-state index in [-0.39, 0.29) is 89.2 Å².